The Kier molecular flexibility index (Phi) is 8.33. The number of carbonyl (C=O) groups excluding carboxylic acids is 3. The normalized spacial score (nSPS) is 13.7. The molecule has 0 saturated carbocycles. The lowest BCUT2D eigenvalue weighted by Crippen LogP contribution is -2.42. The van der Waals surface area contributed by atoms with E-state index in [-0.39, 0.29) is 44.0 Å². The monoisotopic (exact) mass is 459 g/mol. The van der Waals surface area contributed by atoms with Gasteiger partial charge in [-0.3, -0.25) is 19.3 Å². The lowest BCUT2D eigenvalue weighted by atomic mass is 10.1. The van der Waals surface area contributed by atoms with Gasteiger partial charge in [-0.25, -0.2) is 0 Å². The average Bonchev–Trinajstić information content (AvgIpc) is 3.42. The van der Waals surface area contributed by atoms with E-state index in [9.17, 15) is 14.4 Å². The Hall–Kier alpha value is -2.80. The van der Waals surface area contributed by atoms with Crippen LogP contribution in [0.2, 0.25) is 5.02 Å². The summed E-state index contributed by atoms with van der Waals surface area (Å²) in [5, 5.41) is 0.568. The van der Waals surface area contributed by atoms with Crippen molar-refractivity contribution in [3.63, 3.8) is 0 Å². The van der Waals surface area contributed by atoms with Crippen LogP contribution in [0.5, 0.6) is 0 Å². The molecule has 172 valence electrons. The van der Waals surface area contributed by atoms with Crippen LogP contribution in [-0.2, 0) is 20.9 Å². The third kappa shape index (κ3) is 5.91. The summed E-state index contributed by atoms with van der Waals surface area (Å²) in [6.07, 6.45) is 5.89. The lowest BCUT2D eigenvalue weighted by molar-refractivity contribution is -0.141. The summed E-state index contributed by atoms with van der Waals surface area (Å²) in [4.78, 5) is 43.0. The zero-order chi connectivity index (χ0) is 23.1. The van der Waals surface area contributed by atoms with Crippen molar-refractivity contribution in [3.05, 3.63) is 52.9 Å². The molecule has 3 amide bonds. The summed E-state index contributed by atoms with van der Waals surface area (Å²) in [6.45, 7) is 4.21. The van der Waals surface area contributed by atoms with Crippen LogP contribution >= 0.6 is 11.6 Å². The molecular formula is C24H30ClN3O4. The smallest absolute Gasteiger partial charge is 0.248 e. The van der Waals surface area contributed by atoms with Gasteiger partial charge in [0.05, 0.1) is 12.8 Å². The summed E-state index contributed by atoms with van der Waals surface area (Å²) in [7, 11) is 0. The van der Waals surface area contributed by atoms with Crippen LogP contribution < -0.4 is 4.90 Å². The van der Waals surface area contributed by atoms with Crippen molar-refractivity contribution in [2.45, 2.75) is 52.5 Å². The van der Waals surface area contributed by atoms with Gasteiger partial charge in [0, 0.05) is 17.1 Å². The second-order valence-corrected chi connectivity index (χ2v) is 8.49. The largest absolute Gasteiger partial charge is 0.467 e. The summed E-state index contributed by atoms with van der Waals surface area (Å²) < 4.78 is 5.39. The third-order valence-electron chi connectivity index (χ3n) is 5.67. The van der Waals surface area contributed by atoms with Crippen molar-refractivity contribution in [3.8, 4) is 0 Å². The van der Waals surface area contributed by atoms with Gasteiger partial charge in [-0.1, -0.05) is 43.9 Å². The number of anilines is 1. The minimum atomic E-state index is -0.269. The molecule has 0 radical (unpaired) electrons. The highest BCUT2D eigenvalue weighted by Crippen LogP contribution is 2.28. The van der Waals surface area contributed by atoms with Gasteiger partial charge in [0.1, 0.15) is 25.5 Å². The predicted molar refractivity (Wildman–Crippen MR) is 123 cm³/mol. The molecule has 2 aromatic rings. The molecule has 1 saturated heterocycles. The minimum absolute atomic E-state index is 0.0237. The van der Waals surface area contributed by atoms with Crippen LogP contribution in [0, 0.1) is 6.92 Å². The molecule has 3 rings (SSSR count). The second-order valence-electron chi connectivity index (χ2n) is 8.08. The number of amides is 3. The summed E-state index contributed by atoms with van der Waals surface area (Å²) in [5.74, 6) is 0.0912. The zero-order valence-electron chi connectivity index (χ0n) is 18.7. The fraction of sp³-hybridized carbons (Fsp3) is 0.458. The van der Waals surface area contributed by atoms with Crippen molar-refractivity contribution in [2.75, 3.05) is 24.7 Å². The maximum Gasteiger partial charge on any atom is 0.248 e. The molecule has 1 aliphatic heterocycles. The maximum absolute atomic E-state index is 13.0. The Labute approximate surface area is 193 Å². The maximum atomic E-state index is 13.0. The van der Waals surface area contributed by atoms with Gasteiger partial charge in [-0.05, 0) is 43.2 Å². The highest BCUT2D eigenvalue weighted by Gasteiger charge is 2.33. The number of unbranched alkanes of at least 4 members (excludes halogenated alkanes) is 3. The van der Waals surface area contributed by atoms with E-state index in [2.05, 4.69) is 6.92 Å². The number of benzene rings is 1. The Bertz CT molecular complexity index is 945. The molecule has 1 aromatic heterocycles. The topological polar surface area (TPSA) is 74.1 Å². The van der Waals surface area contributed by atoms with Crippen LogP contribution in [-0.4, -0.2) is 47.3 Å². The van der Waals surface area contributed by atoms with E-state index in [0.29, 0.717) is 22.9 Å². The molecule has 0 bridgehead atoms. The SMILES string of the molecule is CCCCCCC(=O)N(CC(=O)N1CC(=O)N(c2cccc(Cl)c2C)C1)Cc1ccco1. The van der Waals surface area contributed by atoms with Gasteiger partial charge in [0.25, 0.3) is 0 Å². The predicted octanol–water partition coefficient (Wildman–Crippen LogP) is 4.37. The Balaban J connectivity index is 1.66. The number of hydrogen-bond acceptors (Lipinski definition) is 4. The molecule has 8 heteroatoms. The summed E-state index contributed by atoms with van der Waals surface area (Å²) in [6, 6.07) is 8.90. The number of carbonyl (C=O) groups is 3. The molecule has 32 heavy (non-hydrogen) atoms. The van der Waals surface area contributed by atoms with Gasteiger partial charge >= 0.3 is 0 Å². The molecule has 0 N–H and O–H groups in total. The van der Waals surface area contributed by atoms with Gasteiger partial charge in [0.2, 0.25) is 17.7 Å². The molecule has 1 aliphatic rings. The van der Waals surface area contributed by atoms with Crippen molar-refractivity contribution in [1.29, 1.82) is 0 Å². The van der Waals surface area contributed by atoms with E-state index >= 15 is 0 Å². The molecule has 0 unspecified atom stereocenters. The van der Waals surface area contributed by atoms with Crippen LogP contribution in [0.4, 0.5) is 5.69 Å². The molecular weight excluding hydrogens is 430 g/mol. The van der Waals surface area contributed by atoms with Gasteiger partial charge < -0.3 is 14.2 Å². The van der Waals surface area contributed by atoms with E-state index in [1.807, 2.05) is 13.0 Å². The first-order valence-corrected chi connectivity index (χ1v) is 11.4. The molecule has 7 nitrogen and oxygen atoms in total. The van der Waals surface area contributed by atoms with Crippen LogP contribution in [0.25, 0.3) is 0 Å². The average molecular weight is 460 g/mol. The van der Waals surface area contributed by atoms with Crippen molar-refractivity contribution < 1.29 is 18.8 Å². The molecule has 0 spiro atoms. The van der Waals surface area contributed by atoms with Crippen molar-refractivity contribution in [2.24, 2.45) is 0 Å². The van der Waals surface area contributed by atoms with E-state index in [1.165, 1.54) is 9.80 Å². The molecule has 0 aliphatic carbocycles. The second kappa shape index (κ2) is 11.2. The van der Waals surface area contributed by atoms with Crippen LogP contribution in [0.15, 0.2) is 41.0 Å². The first-order valence-electron chi connectivity index (χ1n) is 11.0. The van der Waals surface area contributed by atoms with Gasteiger partial charge in [-0.15, -0.1) is 0 Å². The molecule has 1 aromatic carbocycles. The quantitative estimate of drug-likeness (QED) is 0.494. The third-order valence-corrected chi connectivity index (χ3v) is 6.08. The highest BCUT2D eigenvalue weighted by molar-refractivity contribution is 6.31. The Morgan fingerprint density at radius 3 is 2.69 bits per heavy atom. The van der Waals surface area contributed by atoms with E-state index in [1.54, 1.807) is 35.4 Å². The lowest BCUT2D eigenvalue weighted by Gasteiger charge is -2.25. The standard InChI is InChI=1S/C24H30ClN3O4/c1-3-4-5-6-12-22(29)26(14-19-9-8-13-32-19)15-23(30)27-16-24(31)28(17-27)21-11-7-10-20(25)18(21)2/h7-11,13H,3-6,12,14-17H2,1-2H3. The van der Waals surface area contributed by atoms with Gasteiger partial charge in [0.15, 0.2) is 0 Å². The first kappa shape index (κ1) is 23.9. The Morgan fingerprint density at radius 1 is 1.16 bits per heavy atom. The van der Waals surface area contributed by atoms with Crippen LogP contribution in [0.1, 0.15) is 50.4 Å². The Morgan fingerprint density at radius 2 is 1.97 bits per heavy atom. The number of hydrogen-bond donors (Lipinski definition) is 0. The summed E-state index contributed by atoms with van der Waals surface area (Å²) >= 11 is 6.20. The first-order chi connectivity index (χ1) is 15.4. The summed E-state index contributed by atoms with van der Waals surface area (Å²) in [5.41, 5.74) is 1.48. The van der Waals surface area contributed by atoms with E-state index in [4.69, 9.17) is 16.0 Å². The number of halogens is 1. The van der Waals surface area contributed by atoms with Crippen molar-refractivity contribution >= 4 is 35.0 Å². The fourth-order valence-corrected chi connectivity index (χ4v) is 3.93. The number of furan rings is 1. The number of nitrogens with zero attached hydrogens (tertiary/aromatic N) is 3. The number of rotatable bonds is 10. The van der Waals surface area contributed by atoms with Crippen molar-refractivity contribution in [1.82, 2.24) is 9.80 Å². The highest BCUT2D eigenvalue weighted by atomic mass is 35.5. The van der Waals surface area contributed by atoms with E-state index in [0.717, 1.165) is 31.2 Å². The molecule has 1 fully saturated rings. The van der Waals surface area contributed by atoms with E-state index < -0.39 is 0 Å². The fourth-order valence-electron chi connectivity index (χ4n) is 3.76. The zero-order valence-corrected chi connectivity index (χ0v) is 19.4. The molecule has 2 heterocycles. The van der Waals surface area contributed by atoms with Crippen LogP contribution in [0.3, 0.4) is 0 Å². The minimum Gasteiger partial charge on any atom is -0.467 e. The van der Waals surface area contributed by atoms with Gasteiger partial charge in [-0.2, -0.15) is 0 Å². The molecule has 0 atom stereocenters.